The standard InChI is InChI=1S/C12H14N2O5S/c13-11(15)7-8-14-20(18,19)10-4-1-9(2-5-10)3-6-12(16)17/h1-6,14H,7-8H2,(H2,13,15)(H,16,17)/b6-3+. The van der Waals surface area contributed by atoms with E-state index >= 15 is 0 Å². The van der Waals surface area contributed by atoms with Gasteiger partial charge in [0.05, 0.1) is 4.90 Å². The van der Waals surface area contributed by atoms with Crippen LogP contribution < -0.4 is 10.5 Å². The van der Waals surface area contributed by atoms with Crippen LogP contribution in [0.25, 0.3) is 6.08 Å². The molecule has 0 saturated carbocycles. The Balaban J connectivity index is 2.76. The molecule has 0 radical (unpaired) electrons. The van der Waals surface area contributed by atoms with Crippen molar-refractivity contribution in [2.45, 2.75) is 11.3 Å². The average molecular weight is 298 g/mol. The Morgan fingerprint density at radius 3 is 2.35 bits per heavy atom. The van der Waals surface area contributed by atoms with Gasteiger partial charge in [-0.2, -0.15) is 0 Å². The van der Waals surface area contributed by atoms with Gasteiger partial charge in [-0.1, -0.05) is 12.1 Å². The zero-order valence-corrected chi connectivity index (χ0v) is 11.3. The van der Waals surface area contributed by atoms with Gasteiger partial charge >= 0.3 is 5.97 Å². The van der Waals surface area contributed by atoms with Crippen molar-refractivity contribution in [3.05, 3.63) is 35.9 Å². The Morgan fingerprint density at radius 2 is 1.85 bits per heavy atom. The van der Waals surface area contributed by atoms with Gasteiger partial charge in [0.25, 0.3) is 0 Å². The van der Waals surface area contributed by atoms with Crippen molar-refractivity contribution in [1.29, 1.82) is 0 Å². The monoisotopic (exact) mass is 298 g/mol. The summed E-state index contributed by atoms with van der Waals surface area (Å²) in [4.78, 5) is 20.9. The third kappa shape index (κ3) is 5.21. The lowest BCUT2D eigenvalue weighted by atomic mass is 10.2. The molecule has 1 aromatic carbocycles. The van der Waals surface area contributed by atoms with E-state index in [-0.39, 0.29) is 17.9 Å². The molecule has 0 aliphatic heterocycles. The zero-order valence-electron chi connectivity index (χ0n) is 10.4. The summed E-state index contributed by atoms with van der Waals surface area (Å²) in [5.74, 6) is -1.68. The Hall–Kier alpha value is -2.19. The van der Waals surface area contributed by atoms with Gasteiger partial charge in [0.15, 0.2) is 0 Å². The summed E-state index contributed by atoms with van der Waals surface area (Å²) in [5.41, 5.74) is 5.47. The molecule has 8 heteroatoms. The molecular formula is C12H14N2O5S. The number of carbonyl (C=O) groups is 2. The molecule has 0 heterocycles. The summed E-state index contributed by atoms with van der Waals surface area (Å²) in [6.07, 6.45) is 2.21. The highest BCUT2D eigenvalue weighted by molar-refractivity contribution is 7.89. The number of amides is 1. The van der Waals surface area contributed by atoms with Crippen molar-refractivity contribution in [2.75, 3.05) is 6.54 Å². The van der Waals surface area contributed by atoms with Crippen LogP contribution in [0.1, 0.15) is 12.0 Å². The first kappa shape index (κ1) is 15.9. The van der Waals surface area contributed by atoms with Crippen molar-refractivity contribution < 1.29 is 23.1 Å². The number of nitrogens with one attached hydrogen (secondary N) is 1. The van der Waals surface area contributed by atoms with Crippen molar-refractivity contribution in [1.82, 2.24) is 4.72 Å². The Bertz CT molecular complexity index is 620. The number of carbonyl (C=O) groups excluding carboxylic acids is 1. The van der Waals surface area contributed by atoms with Gasteiger partial charge < -0.3 is 10.8 Å². The molecule has 108 valence electrons. The predicted molar refractivity (Wildman–Crippen MR) is 72.1 cm³/mol. The molecular weight excluding hydrogens is 284 g/mol. The quantitative estimate of drug-likeness (QED) is 0.608. The zero-order chi connectivity index (χ0) is 15.2. The Kier molecular flexibility index (Phi) is 5.42. The fraction of sp³-hybridized carbons (Fsp3) is 0.167. The first-order valence-electron chi connectivity index (χ1n) is 5.60. The predicted octanol–water partition coefficient (Wildman–Crippen LogP) is -0.0619. The normalized spacial score (nSPS) is 11.6. The Labute approximate surface area is 116 Å². The van der Waals surface area contributed by atoms with E-state index in [1.54, 1.807) is 0 Å². The largest absolute Gasteiger partial charge is 0.478 e. The Morgan fingerprint density at radius 1 is 1.25 bits per heavy atom. The maximum absolute atomic E-state index is 11.8. The highest BCUT2D eigenvalue weighted by Crippen LogP contribution is 2.11. The fourth-order valence-corrected chi connectivity index (χ4v) is 2.35. The lowest BCUT2D eigenvalue weighted by Gasteiger charge is -2.05. The number of nitrogens with two attached hydrogens (primary N) is 1. The van der Waals surface area contributed by atoms with Gasteiger partial charge in [0, 0.05) is 19.0 Å². The smallest absolute Gasteiger partial charge is 0.328 e. The maximum atomic E-state index is 11.8. The number of benzene rings is 1. The number of primary amides is 1. The van der Waals surface area contributed by atoms with E-state index in [1.807, 2.05) is 0 Å². The van der Waals surface area contributed by atoms with Gasteiger partial charge in [-0.3, -0.25) is 4.79 Å². The molecule has 1 aromatic rings. The van der Waals surface area contributed by atoms with Crippen LogP contribution in [0.2, 0.25) is 0 Å². The lowest BCUT2D eigenvalue weighted by molar-refractivity contribution is -0.131. The van der Waals surface area contributed by atoms with E-state index in [4.69, 9.17) is 10.8 Å². The number of hydrogen-bond donors (Lipinski definition) is 3. The fourth-order valence-electron chi connectivity index (χ4n) is 1.32. The molecule has 20 heavy (non-hydrogen) atoms. The number of carboxylic acids is 1. The van der Waals surface area contributed by atoms with E-state index in [2.05, 4.69) is 4.72 Å². The van der Waals surface area contributed by atoms with Crippen LogP contribution in [-0.4, -0.2) is 31.9 Å². The minimum absolute atomic E-state index is 0.0226. The molecule has 0 saturated heterocycles. The summed E-state index contributed by atoms with van der Waals surface area (Å²) >= 11 is 0. The molecule has 7 nitrogen and oxygen atoms in total. The van der Waals surface area contributed by atoms with Crippen LogP contribution in [0, 0.1) is 0 Å². The summed E-state index contributed by atoms with van der Waals surface area (Å²) in [6.45, 7) is -0.0711. The van der Waals surface area contributed by atoms with E-state index in [9.17, 15) is 18.0 Å². The van der Waals surface area contributed by atoms with Gasteiger partial charge in [0.1, 0.15) is 0 Å². The molecule has 0 unspecified atom stereocenters. The summed E-state index contributed by atoms with van der Waals surface area (Å²) < 4.78 is 25.9. The second-order valence-electron chi connectivity index (χ2n) is 3.85. The van der Waals surface area contributed by atoms with Crippen LogP contribution in [-0.2, 0) is 19.6 Å². The molecule has 0 aliphatic carbocycles. The summed E-state index contributed by atoms with van der Waals surface area (Å²) in [5, 5.41) is 8.47. The third-order valence-corrected chi connectivity index (χ3v) is 3.75. The number of aliphatic carboxylic acids is 1. The summed E-state index contributed by atoms with van der Waals surface area (Å²) in [6, 6.07) is 5.63. The lowest BCUT2D eigenvalue weighted by Crippen LogP contribution is -2.28. The number of carboxylic acid groups (broad SMARTS) is 1. The molecule has 0 spiro atoms. The molecule has 4 N–H and O–H groups in total. The first-order valence-corrected chi connectivity index (χ1v) is 7.08. The van der Waals surface area contributed by atoms with Crippen LogP contribution in [0.4, 0.5) is 0 Å². The molecule has 1 rings (SSSR count). The van der Waals surface area contributed by atoms with Crippen LogP contribution in [0.3, 0.4) is 0 Å². The van der Waals surface area contributed by atoms with Gasteiger partial charge in [-0.15, -0.1) is 0 Å². The van der Waals surface area contributed by atoms with Gasteiger partial charge in [0.2, 0.25) is 15.9 Å². The number of sulfonamides is 1. The van der Waals surface area contributed by atoms with Crippen LogP contribution >= 0.6 is 0 Å². The first-order chi connectivity index (χ1) is 9.31. The van der Waals surface area contributed by atoms with Gasteiger partial charge in [-0.05, 0) is 23.8 Å². The van der Waals surface area contributed by atoms with Crippen LogP contribution in [0.15, 0.2) is 35.2 Å². The third-order valence-electron chi connectivity index (χ3n) is 2.27. The van der Waals surface area contributed by atoms with E-state index < -0.39 is 21.9 Å². The van der Waals surface area contributed by atoms with Crippen LogP contribution in [0.5, 0.6) is 0 Å². The summed E-state index contributed by atoms with van der Waals surface area (Å²) in [7, 11) is -3.70. The molecule has 0 bridgehead atoms. The van der Waals surface area contributed by atoms with Crippen molar-refractivity contribution in [2.24, 2.45) is 5.73 Å². The topological polar surface area (TPSA) is 127 Å². The van der Waals surface area contributed by atoms with E-state index in [0.717, 1.165) is 6.08 Å². The average Bonchev–Trinajstić information content (AvgIpc) is 2.36. The van der Waals surface area contributed by atoms with Crippen molar-refractivity contribution in [3.8, 4) is 0 Å². The molecule has 1 amide bonds. The number of rotatable bonds is 7. The highest BCUT2D eigenvalue weighted by Gasteiger charge is 2.13. The second kappa shape index (κ2) is 6.83. The molecule has 0 aromatic heterocycles. The highest BCUT2D eigenvalue weighted by atomic mass is 32.2. The van der Waals surface area contributed by atoms with Crippen molar-refractivity contribution in [3.63, 3.8) is 0 Å². The minimum Gasteiger partial charge on any atom is -0.478 e. The van der Waals surface area contributed by atoms with E-state index in [1.165, 1.54) is 30.3 Å². The SMILES string of the molecule is NC(=O)CCNS(=O)(=O)c1ccc(/C=C/C(=O)O)cc1. The molecule has 0 aliphatic rings. The minimum atomic E-state index is -3.70. The molecule has 0 fully saturated rings. The number of hydrogen-bond acceptors (Lipinski definition) is 4. The van der Waals surface area contributed by atoms with Gasteiger partial charge in [-0.25, -0.2) is 17.9 Å². The molecule has 0 atom stereocenters. The van der Waals surface area contributed by atoms with Crippen molar-refractivity contribution >= 4 is 28.0 Å². The second-order valence-corrected chi connectivity index (χ2v) is 5.62. The van der Waals surface area contributed by atoms with E-state index in [0.29, 0.717) is 5.56 Å². The maximum Gasteiger partial charge on any atom is 0.328 e.